The molecule has 12 nitrogen and oxygen atoms in total. The zero-order chi connectivity index (χ0) is 23.7. The highest BCUT2D eigenvalue weighted by molar-refractivity contribution is 5.94. The molecular formula is C19H28N4O8. The van der Waals surface area contributed by atoms with Gasteiger partial charge in [0.25, 0.3) is 0 Å². The number of nitrogens with two attached hydrogens (primary N) is 1. The largest absolute Gasteiger partial charge is 0.508 e. The molecule has 0 fully saturated rings. The van der Waals surface area contributed by atoms with Gasteiger partial charge < -0.3 is 42.1 Å². The van der Waals surface area contributed by atoms with Gasteiger partial charge in [-0.2, -0.15) is 0 Å². The topological polar surface area (TPSA) is 211 Å². The molecule has 1 aromatic carbocycles. The third-order valence-electron chi connectivity index (χ3n) is 4.31. The van der Waals surface area contributed by atoms with Crippen LogP contribution in [0.4, 0.5) is 0 Å². The lowest BCUT2D eigenvalue weighted by molar-refractivity contribution is -0.139. The van der Waals surface area contributed by atoms with Crippen molar-refractivity contribution in [2.45, 2.75) is 50.6 Å². The number of aliphatic hydroxyl groups is 2. The first-order chi connectivity index (χ1) is 14.4. The monoisotopic (exact) mass is 440 g/mol. The number of amides is 3. The number of aromatic hydroxyl groups is 1. The van der Waals surface area contributed by atoms with Crippen LogP contribution in [0, 0.1) is 0 Å². The van der Waals surface area contributed by atoms with Gasteiger partial charge in [-0.3, -0.25) is 19.2 Å². The summed E-state index contributed by atoms with van der Waals surface area (Å²) in [5.74, 6) is -3.92. The molecule has 9 N–H and O–H groups in total. The van der Waals surface area contributed by atoms with Crippen molar-refractivity contribution in [1.82, 2.24) is 16.0 Å². The summed E-state index contributed by atoms with van der Waals surface area (Å²) in [7, 11) is 0. The summed E-state index contributed by atoms with van der Waals surface area (Å²) < 4.78 is 0. The number of nitrogens with one attached hydrogen (secondary N) is 3. The summed E-state index contributed by atoms with van der Waals surface area (Å²) in [6.45, 7) is 1.81. The number of hydrogen-bond acceptors (Lipinski definition) is 8. The van der Waals surface area contributed by atoms with Crippen LogP contribution in [0.3, 0.4) is 0 Å². The van der Waals surface area contributed by atoms with Gasteiger partial charge in [0.2, 0.25) is 17.7 Å². The number of aliphatic carboxylic acids is 1. The lowest BCUT2D eigenvalue weighted by atomic mass is 10.0. The van der Waals surface area contributed by atoms with E-state index in [1.54, 1.807) is 0 Å². The van der Waals surface area contributed by atoms with Gasteiger partial charge >= 0.3 is 5.97 Å². The molecule has 0 spiro atoms. The normalized spacial score (nSPS) is 15.6. The molecule has 0 aliphatic heterocycles. The zero-order valence-electron chi connectivity index (χ0n) is 17.1. The molecule has 31 heavy (non-hydrogen) atoms. The predicted octanol–water partition coefficient (Wildman–Crippen LogP) is -2.81. The van der Waals surface area contributed by atoms with Crippen molar-refractivity contribution < 1.29 is 39.6 Å². The number of phenolic OH excluding ortho intramolecular Hbond substituents is 1. The minimum atomic E-state index is -1.49. The second kappa shape index (κ2) is 11.8. The first kappa shape index (κ1) is 25.8. The van der Waals surface area contributed by atoms with Crippen LogP contribution in [0.15, 0.2) is 24.3 Å². The minimum Gasteiger partial charge on any atom is -0.508 e. The van der Waals surface area contributed by atoms with Crippen LogP contribution in [-0.4, -0.2) is 81.0 Å². The second-order valence-electron chi connectivity index (χ2n) is 7.04. The number of carbonyl (C=O) groups is 4. The summed E-state index contributed by atoms with van der Waals surface area (Å²) in [5.41, 5.74) is 6.15. The molecule has 0 bridgehead atoms. The Morgan fingerprint density at radius 3 is 2.00 bits per heavy atom. The number of rotatable bonds is 11. The fourth-order valence-corrected chi connectivity index (χ4v) is 2.50. The van der Waals surface area contributed by atoms with Crippen LogP contribution in [-0.2, 0) is 25.6 Å². The van der Waals surface area contributed by atoms with E-state index in [-0.39, 0.29) is 12.2 Å². The summed E-state index contributed by atoms with van der Waals surface area (Å²) >= 11 is 0. The Bertz CT molecular complexity index is 782. The maximum Gasteiger partial charge on any atom is 0.322 e. The second-order valence-corrected chi connectivity index (χ2v) is 7.04. The van der Waals surface area contributed by atoms with E-state index in [0.29, 0.717) is 5.56 Å². The third kappa shape index (κ3) is 8.58. The molecule has 172 valence electrons. The molecule has 3 amide bonds. The fraction of sp³-hybridized carbons (Fsp3) is 0.474. The van der Waals surface area contributed by atoms with Crippen molar-refractivity contribution in [3.05, 3.63) is 29.8 Å². The van der Waals surface area contributed by atoms with E-state index in [0.717, 1.165) is 0 Å². The Kier molecular flexibility index (Phi) is 9.86. The summed E-state index contributed by atoms with van der Waals surface area (Å²) in [5, 5.41) is 44.2. The number of hydrogen-bond donors (Lipinski definition) is 8. The molecule has 0 radical (unpaired) electrons. The van der Waals surface area contributed by atoms with Gasteiger partial charge in [-0.25, -0.2) is 0 Å². The Morgan fingerprint density at radius 1 is 0.935 bits per heavy atom. The number of carbonyl (C=O) groups excluding carboxylic acids is 3. The highest BCUT2D eigenvalue weighted by Crippen LogP contribution is 2.12. The van der Waals surface area contributed by atoms with Gasteiger partial charge in [0.15, 0.2) is 0 Å². The van der Waals surface area contributed by atoms with E-state index in [1.165, 1.54) is 38.1 Å². The molecule has 0 aromatic heterocycles. The van der Waals surface area contributed by atoms with Crippen LogP contribution >= 0.6 is 0 Å². The highest BCUT2D eigenvalue weighted by Gasteiger charge is 2.31. The van der Waals surface area contributed by atoms with Crippen molar-refractivity contribution in [2.75, 3.05) is 6.54 Å². The van der Waals surface area contributed by atoms with Crippen LogP contribution in [0.25, 0.3) is 0 Å². The Labute approximate surface area is 178 Å². The number of aliphatic hydroxyl groups excluding tert-OH is 2. The van der Waals surface area contributed by atoms with Gasteiger partial charge in [0.1, 0.15) is 30.4 Å². The molecule has 0 unspecified atom stereocenters. The van der Waals surface area contributed by atoms with Crippen molar-refractivity contribution in [2.24, 2.45) is 5.73 Å². The molecule has 0 saturated heterocycles. The molecule has 1 rings (SSSR count). The van der Waals surface area contributed by atoms with Gasteiger partial charge in [-0.1, -0.05) is 12.1 Å². The van der Waals surface area contributed by atoms with E-state index in [2.05, 4.69) is 16.0 Å². The summed E-state index contributed by atoms with van der Waals surface area (Å²) in [6, 6.07) is 1.73. The molecule has 0 aliphatic rings. The van der Waals surface area contributed by atoms with Crippen molar-refractivity contribution in [1.29, 1.82) is 0 Å². The number of carboxylic acid groups (broad SMARTS) is 1. The molecular weight excluding hydrogens is 412 g/mol. The SMILES string of the molecule is C[C@@H](O)[C@H](N)C(=O)N[C@@H](Cc1ccc(O)cc1)C(=O)N[C@H](C(=O)NCC(=O)O)[C@@H](C)O. The van der Waals surface area contributed by atoms with Crippen LogP contribution in [0.2, 0.25) is 0 Å². The number of benzene rings is 1. The van der Waals surface area contributed by atoms with E-state index in [4.69, 9.17) is 10.8 Å². The van der Waals surface area contributed by atoms with Crippen LogP contribution in [0.1, 0.15) is 19.4 Å². The molecule has 1 aromatic rings. The van der Waals surface area contributed by atoms with E-state index < -0.39 is 60.6 Å². The van der Waals surface area contributed by atoms with Crippen molar-refractivity contribution in [3.63, 3.8) is 0 Å². The quantitative estimate of drug-likeness (QED) is 0.178. The molecule has 12 heteroatoms. The maximum absolute atomic E-state index is 12.8. The first-order valence-corrected chi connectivity index (χ1v) is 9.42. The molecule has 5 atom stereocenters. The highest BCUT2D eigenvalue weighted by atomic mass is 16.4. The smallest absolute Gasteiger partial charge is 0.322 e. The average Bonchev–Trinajstić information content (AvgIpc) is 2.69. The summed E-state index contributed by atoms with van der Waals surface area (Å²) in [6.07, 6.45) is -2.62. The van der Waals surface area contributed by atoms with Crippen molar-refractivity contribution >= 4 is 23.7 Å². The van der Waals surface area contributed by atoms with Crippen LogP contribution < -0.4 is 21.7 Å². The fourth-order valence-electron chi connectivity index (χ4n) is 2.50. The molecule has 0 heterocycles. The van der Waals surface area contributed by atoms with E-state index in [1.807, 2.05) is 0 Å². The van der Waals surface area contributed by atoms with Crippen LogP contribution in [0.5, 0.6) is 5.75 Å². The predicted molar refractivity (Wildman–Crippen MR) is 108 cm³/mol. The standard InChI is InChI=1S/C19H28N4O8/c1-9(24)15(20)18(30)22-13(7-11-3-5-12(26)6-4-11)17(29)23-16(10(2)25)19(31)21-8-14(27)28/h3-6,9-10,13,15-16,24-26H,7-8,20H2,1-2H3,(H,21,31)(H,22,30)(H,23,29)(H,27,28)/t9-,10-,13+,15+,16+/m1/s1. The lowest BCUT2D eigenvalue weighted by Crippen LogP contribution is -2.60. The zero-order valence-corrected chi connectivity index (χ0v) is 17.1. The number of phenols is 1. The number of carboxylic acids is 1. The minimum absolute atomic E-state index is 0.00538. The first-order valence-electron chi connectivity index (χ1n) is 9.42. The molecule has 0 aliphatic carbocycles. The van der Waals surface area contributed by atoms with Gasteiger partial charge in [-0.15, -0.1) is 0 Å². The van der Waals surface area contributed by atoms with Crippen molar-refractivity contribution in [3.8, 4) is 5.75 Å². The molecule has 0 saturated carbocycles. The Hall–Kier alpha value is -3.22. The van der Waals surface area contributed by atoms with Gasteiger partial charge in [-0.05, 0) is 31.5 Å². The van der Waals surface area contributed by atoms with Gasteiger partial charge in [0.05, 0.1) is 12.2 Å². The lowest BCUT2D eigenvalue weighted by Gasteiger charge is -2.26. The summed E-state index contributed by atoms with van der Waals surface area (Å²) in [4.78, 5) is 47.9. The van der Waals surface area contributed by atoms with Gasteiger partial charge in [0, 0.05) is 6.42 Å². The van der Waals surface area contributed by atoms with E-state index in [9.17, 15) is 34.5 Å². The third-order valence-corrected chi connectivity index (χ3v) is 4.31. The Balaban J connectivity index is 3.03. The average molecular weight is 440 g/mol. The Morgan fingerprint density at radius 2 is 1.52 bits per heavy atom. The van der Waals surface area contributed by atoms with E-state index >= 15 is 0 Å². The maximum atomic E-state index is 12.8.